The highest BCUT2D eigenvalue weighted by Gasteiger charge is 2.37. The topological polar surface area (TPSA) is 67.1 Å². The molecule has 3 rings (SSSR count). The van der Waals surface area contributed by atoms with Crippen LogP contribution in [0.3, 0.4) is 0 Å². The van der Waals surface area contributed by atoms with Gasteiger partial charge in [-0.05, 0) is 49.1 Å². The number of pyridine rings is 1. The summed E-state index contributed by atoms with van der Waals surface area (Å²) in [5.41, 5.74) is 1.58. The van der Waals surface area contributed by atoms with Crippen molar-refractivity contribution in [1.82, 2.24) is 25.2 Å². The number of aryl methyl sites for hydroxylation is 1. The van der Waals surface area contributed by atoms with Gasteiger partial charge in [0.25, 0.3) is 0 Å². The molecule has 1 aliphatic rings. The summed E-state index contributed by atoms with van der Waals surface area (Å²) in [5, 5.41) is 6.94. The number of aliphatic imine (C=N–C) groups is 1. The van der Waals surface area contributed by atoms with Crippen LogP contribution in [0.1, 0.15) is 50.9 Å². The van der Waals surface area contributed by atoms with Gasteiger partial charge in [0.05, 0.1) is 0 Å². The Balaban J connectivity index is 0.00000280. The van der Waals surface area contributed by atoms with Crippen LogP contribution >= 0.6 is 24.0 Å². The number of hydrogen-bond donors (Lipinski definition) is 2. The SMILES string of the molecule is CN=C(NCc1ccc(-n2ccnc2C)nc1)NCC1(CC(C)C)CCC1.I. The van der Waals surface area contributed by atoms with Gasteiger partial charge in [0.15, 0.2) is 5.96 Å². The first-order valence-corrected chi connectivity index (χ1v) is 9.91. The molecule has 2 aromatic rings. The van der Waals surface area contributed by atoms with Crippen LogP contribution in [0.4, 0.5) is 0 Å². The molecule has 2 N–H and O–H groups in total. The van der Waals surface area contributed by atoms with Crippen LogP contribution in [0.2, 0.25) is 0 Å². The van der Waals surface area contributed by atoms with Crippen molar-refractivity contribution in [3.8, 4) is 5.82 Å². The second-order valence-electron chi connectivity index (χ2n) is 8.10. The van der Waals surface area contributed by atoms with E-state index in [9.17, 15) is 0 Å². The lowest BCUT2D eigenvalue weighted by atomic mass is 9.64. The van der Waals surface area contributed by atoms with E-state index in [1.165, 1.54) is 25.7 Å². The van der Waals surface area contributed by atoms with Gasteiger partial charge in [-0.15, -0.1) is 24.0 Å². The Hall–Kier alpha value is -1.64. The first-order chi connectivity index (χ1) is 13.0. The van der Waals surface area contributed by atoms with Gasteiger partial charge >= 0.3 is 0 Å². The largest absolute Gasteiger partial charge is 0.356 e. The normalized spacial score (nSPS) is 15.7. The molecule has 1 saturated carbocycles. The number of nitrogens with zero attached hydrogens (tertiary/aromatic N) is 4. The molecule has 0 radical (unpaired) electrons. The molecule has 0 unspecified atom stereocenters. The maximum atomic E-state index is 4.55. The Labute approximate surface area is 185 Å². The molecule has 154 valence electrons. The van der Waals surface area contributed by atoms with Crippen molar-refractivity contribution in [2.75, 3.05) is 13.6 Å². The summed E-state index contributed by atoms with van der Waals surface area (Å²) in [5.74, 6) is 3.42. The van der Waals surface area contributed by atoms with Crippen molar-refractivity contribution in [3.05, 3.63) is 42.1 Å². The molecule has 2 aromatic heterocycles. The van der Waals surface area contributed by atoms with Crippen LogP contribution in [0.25, 0.3) is 5.82 Å². The van der Waals surface area contributed by atoms with Gasteiger partial charge in [0, 0.05) is 38.7 Å². The predicted octanol–water partition coefficient (Wildman–Crippen LogP) is 4.08. The molecule has 0 bridgehead atoms. The molecule has 0 aromatic carbocycles. The van der Waals surface area contributed by atoms with Crippen LogP contribution in [-0.2, 0) is 6.54 Å². The highest BCUT2D eigenvalue weighted by molar-refractivity contribution is 14.0. The molecule has 0 spiro atoms. The van der Waals surface area contributed by atoms with Crippen molar-refractivity contribution in [2.24, 2.45) is 16.3 Å². The van der Waals surface area contributed by atoms with E-state index in [1.807, 2.05) is 37.0 Å². The lowest BCUT2D eigenvalue weighted by Gasteiger charge is -2.43. The Morgan fingerprint density at radius 1 is 1.25 bits per heavy atom. The number of guanidine groups is 1. The van der Waals surface area contributed by atoms with Gasteiger partial charge in [0.2, 0.25) is 0 Å². The highest BCUT2D eigenvalue weighted by Crippen LogP contribution is 2.45. The van der Waals surface area contributed by atoms with Crippen LogP contribution in [0.5, 0.6) is 0 Å². The number of rotatable bonds is 7. The third-order valence-corrected chi connectivity index (χ3v) is 5.45. The van der Waals surface area contributed by atoms with Gasteiger partial charge in [-0.25, -0.2) is 9.97 Å². The van der Waals surface area contributed by atoms with Crippen molar-refractivity contribution >= 4 is 29.9 Å². The minimum Gasteiger partial charge on any atom is -0.356 e. The third-order valence-electron chi connectivity index (χ3n) is 5.45. The summed E-state index contributed by atoms with van der Waals surface area (Å²) in [6, 6.07) is 4.11. The van der Waals surface area contributed by atoms with Gasteiger partial charge in [-0.3, -0.25) is 9.56 Å². The molecule has 0 saturated heterocycles. The summed E-state index contributed by atoms with van der Waals surface area (Å²) in [6.07, 6.45) is 10.9. The number of aromatic nitrogens is 3. The fraction of sp³-hybridized carbons (Fsp3) is 0.571. The second-order valence-corrected chi connectivity index (χ2v) is 8.10. The zero-order valence-electron chi connectivity index (χ0n) is 17.4. The quantitative estimate of drug-likeness (QED) is 0.345. The fourth-order valence-electron chi connectivity index (χ4n) is 3.96. The monoisotopic (exact) mass is 496 g/mol. The molecular formula is C21H33IN6. The Bertz CT molecular complexity index is 761. The number of nitrogens with one attached hydrogen (secondary N) is 2. The van der Waals surface area contributed by atoms with Crippen molar-refractivity contribution < 1.29 is 0 Å². The first kappa shape index (κ1) is 22.6. The minimum absolute atomic E-state index is 0. The number of hydrogen-bond acceptors (Lipinski definition) is 3. The lowest BCUT2D eigenvalue weighted by Crippen LogP contribution is -2.46. The fourth-order valence-corrected chi connectivity index (χ4v) is 3.96. The van der Waals surface area contributed by atoms with E-state index >= 15 is 0 Å². The molecule has 6 nitrogen and oxygen atoms in total. The molecule has 2 heterocycles. The highest BCUT2D eigenvalue weighted by atomic mass is 127. The van der Waals surface area contributed by atoms with Crippen molar-refractivity contribution in [3.63, 3.8) is 0 Å². The summed E-state index contributed by atoms with van der Waals surface area (Å²) >= 11 is 0. The summed E-state index contributed by atoms with van der Waals surface area (Å²) < 4.78 is 1.98. The summed E-state index contributed by atoms with van der Waals surface area (Å²) in [6.45, 7) is 8.31. The van der Waals surface area contributed by atoms with E-state index in [0.29, 0.717) is 12.0 Å². The molecule has 1 aliphatic carbocycles. The van der Waals surface area contributed by atoms with E-state index < -0.39 is 0 Å². The molecule has 7 heteroatoms. The predicted molar refractivity (Wildman–Crippen MR) is 125 cm³/mol. The average Bonchev–Trinajstić information content (AvgIpc) is 3.05. The Morgan fingerprint density at radius 3 is 2.54 bits per heavy atom. The van der Waals surface area contributed by atoms with Gasteiger partial charge in [-0.1, -0.05) is 26.3 Å². The van der Waals surface area contributed by atoms with Gasteiger partial charge < -0.3 is 10.6 Å². The maximum absolute atomic E-state index is 4.55. The van der Waals surface area contributed by atoms with Crippen molar-refractivity contribution in [2.45, 2.75) is 53.0 Å². The van der Waals surface area contributed by atoms with E-state index in [-0.39, 0.29) is 24.0 Å². The van der Waals surface area contributed by atoms with E-state index in [1.54, 1.807) is 6.20 Å². The number of halogens is 1. The van der Waals surface area contributed by atoms with Gasteiger partial charge in [0.1, 0.15) is 11.6 Å². The standard InChI is InChI=1S/C21H32N6.HI/c1-16(2)12-21(8-5-9-21)15-26-20(22-4)25-14-18-6-7-19(24-13-18)27-11-10-23-17(27)3;/h6-7,10-11,13,16H,5,8-9,12,14-15H2,1-4H3,(H2,22,25,26);1H. The van der Waals surface area contributed by atoms with Crippen LogP contribution in [-0.4, -0.2) is 34.1 Å². The van der Waals surface area contributed by atoms with Crippen LogP contribution in [0.15, 0.2) is 35.7 Å². The molecule has 1 fully saturated rings. The zero-order valence-corrected chi connectivity index (χ0v) is 19.7. The molecular weight excluding hydrogens is 463 g/mol. The maximum Gasteiger partial charge on any atom is 0.191 e. The smallest absolute Gasteiger partial charge is 0.191 e. The molecule has 0 amide bonds. The third kappa shape index (κ3) is 5.68. The summed E-state index contributed by atoms with van der Waals surface area (Å²) in [7, 11) is 1.83. The lowest BCUT2D eigenvalue weighted by molar-refractivity contribution is 0.104. The second kappa shape index (κ2) is 10.2. The van der Waals surface area contributed by atoms with E-state index in [4.69, 9.17) is 0 Å². The summed E-state index contributed by atoms with van der Waals surface area (Å²) in [4.78, 5) is 13.2. The molecule has 0 atom stereocenters. The minimum atomic E-state index is 0. The average molecular weight is 496 g/mol. The first-order valence-electron chi connectivity index (χ1n) is 9.91. The Morgan fingerprint density at radius 2 is 2.04 bits per heavy atom. The van der Waals surface area contributed by atoms with Gasteiger partial charge in [-0.2, -0.15) is 0 Å². The van der Waals surface area contributed by atoms with E-state index in [2.05, 4.69) is 45.5 Å². The van der Waals surface area contributed by atoms with Crippen LogP contribution in [0, 0.1) is 18.3 Å². The van der Waals surface area contributed by atoms with Crippen LogP contribution < -0.4 is 10.6 Å². The number of imidazole rings is 1. The Kier molecular flexibility index (Phi) is 8.27. The van der Waals surface area contributed by atoms with Crippen molar-refractivity contribution in [1.29, 1.82) is 0 Å². The molecule has 28 heavy (non-hydrogen) atoms. The van der Waals surface area contributed by atoms with E-state index in [0.717, 1.165) is 35.6 Å². The zero-order chi connectivity index (χ0) is 19.3. The molecule has 0 aliphatic heterocycles.